The van der Waals surface area contributed by atoms with Crippen molar-refractivity contribution in [3.05, 3.63) is 34.9 Å². The zero-order chi connectivity index (χ0) is 13.5. The molecule has 1 aromatic carbocycles. The van der Waals surface area contributed by atoms with Gasteiger partial charge in [-0.25, -0.2) is 0 Å². The monoisotopic (exact) mass is 284 g/mol. The number of nitrogens with two attached hydrogens (primary N) is 2. The molecule has 0 bridgehead atoms. The molecule has 4 N–H and O–H groups in total. The summed E-state index contributed by atoms with van der Waals surface area (Å²) in [7, 11) is 1.68. The summed E-state index contributed by atoms with van der Waals surface area (Å²) in [4.78, 5) is 11.3. The minimum absolute atomic E-state index is 0. The number of halogens is 1. The van der Waals surface area contributed by atoms with Crippen molar-refractivity contribution in [1.82, 2.24) is 0 Å². The van der Waals surface area contributed by atoms with Gasteiger partial charge in [-0.3, -0.25) is 4.79 Å². The van der Waals surface area contributed by atoms with Gasteiger partial charge in [0.2, 0.25) is 5.91 Å². The van der Waals surface area contributed by atoms with Crippen LogP contribution < -0.4 is 11.5 Å². The largest absolute Gasteiger partial charge is 0.379 e. The minimum atomic E-state index is -0.406. The third-order valence-corrected chi connectivity index (χ3v) is 4.05. The smallest absolute Gasteiger partial charge is 0.248 e. The first kappa shape index (κ1) is 16.0. The van der Waals surface area contributed by atoms with Crippen molar-refractivity contribution in [2.24, 2.45) is 11.5 Å². The van der Waals surface area contributed by atoms with Crippen LogP contribution in [0, 0.1) is 0 Å². The molecule has 1 amide bonds. The highest BCUT2D eigenvalue weighted by molar-refractivity contribution is 5.93. The molecule has 2 atom stereocenters. The molecule has 0 unspecified atom stereocenters. The van der Waals surface area contributed by atoms with E-state index in [4.69, 9.17) is 16.2 Å². The highest BCUT2D eigenvalue weighted by Gasteiger charge is 2.40. The first-order valence-corrected chi connectivity index (χ1v) is 6.09. The predicted octanol–water partition coefficient (Wildman–Crippen LogP) is 1.38. The van der Waals surface area contributed by atoms with Crippen molar-refractivity contribution in [3.63, 3.8) is 0 Å². The molecule has 19 heavy (non-hydrogen) atoms. The quantitative estimate of drug-likeness (QED) is 0.861. The van der Waals surface area contributed by atoms with Crippen LogP contribution in [0.4, 0.5) is 0 Å². The van der Waals surface area contributed by atoms with Crippen molar-refractivity contribution in [2.75, 3.05) is 7.11 Å². The minimum Gasteiger partial charge on any atom is -0.379 e. The van der Waals surface area contributed by atoms with Gasteiger partial charge in [-0.1, -0.05) is 19.9 Å². The van der Waals surface area contributed by atoms with Gasteiger partial charge in [0.05, 0.1) is 6.10 Å². The van der Waals surface area contributed by atoms with E-state index in [1.165, 1.54) is 5.56 Å². The number of ether oxygens (including phenoxy) is 1. The van der Waals surface area contributed by atoms with Crippen molar-refractivity contribution < 1.29 is 9.53 Å². The zero-order valence-electron chi connectivity index (χ0n) is 11.5. The van der Waals surface area contributed by atoms with E-state index < -0.39 is 5.91 Å². The fourth-order valence-electron chi connectivity index (χ4n) is 2.73. The SMILES string of the molecule is CO[C@@H]1Cc2ccc(C(N)=O)cc2C(C)(C)[C@H]1N.Cl. The van der Waals surface area contributed by atoms with E-state index in [0.717, 1.165) is 12.0 Å². The Hall–Kier alpha value is -1.10. The Morgan fingerprint density at radius 2 is 2.05 bits per heavy atom. The normalized spacial score (nSPS) is 24.2. The summed E-state index contributed by atoms with van der Waals surface area (Å²) < 4.78 is 5.46. The van der Waals surface area contributed by atoms with Gasteiger partial charge in [-0.2, -0.15) is 0 Å². The standard InChI is InChI=1S/C14H20N2O2.ClH/c1-14(2)10-6-9(13(16)17)5-4-8(10)7-11(18-3)12(14)15;/h4-6,11-12H,7,15H2,1-3H3,(H2,16,17);1H/t11-,12+;/m1./s1. The summed E-state index contributed by atoms with van der Waals surface area (Å²) in [5.41, 5.74) is 14.2. The Balaban J connectivity index is 0.00000180. The summed E-state index contributed by atoms with van der Waals surface area (Å²) in [6.07, 6.45) is 0.780. The van der Waals surface area contributed by atoms with Crippen molar-refractivity contribution in [2.45, 2.75) is 37.8 Å². The average Bonchev–Trinajstić information content (AvgIpc) is 2.33. The maximum absolute atomic E-state index is 11.3. The fourth-order valence-corrected chi connectivity index (χ4v) is 2.73. The fraction of sp³-hybridized carbons (Fsp3) is 0.500. The maximum atomic E-state index is 11.3. The van der Waals surface area contributed by atoms with Crippen LogP contribution in [0.5, 0.6) is 0 Å². The van der Waals surface area contributed by atoms with Crippen LogP contribution in [-0.2, 0) is 16.6 Å². The van der Waals surface area contributed by atoms with E-state index in [1.54, 1.807) is 13.2 Å². The van der Waals surface area contributed by atoms with Gasteiger partial charge in [0.15, 0.2) is 0 Å². The molecule has 0 saturated carbocycles. The van der Waals surface area contributed by atoms with Gasteiger partial charge >= 0.3 is 0 Å². The number of hydrogen-bond donors (Lipinski definition) is 2. The van der Waals surface area contributed by atoms with Crippen LogP contribution >= 0.6 is 12.4 Å². The Bertz CT molecular complexity index is 488. The van der Waals surface area contributed by atoms with E-state index >= 15 is 0 Å². The lowest BCUT2D eigenvalue weighted by Gasteiger charge is -2.42. The molecule has 106 valence electrons. The predicted molar refractivity (Wildman–Crippen MR) is 77.7 cm³/mol. The average molecular weight is 285 g/mol. The number of hydrogen-bond acceptors (Lipinski definition) is 3. The molecule has 0 aromatic heterocycles. The van der Waals surface area contributed by atoms with E-state index in [1.807, 2.05) is 12.1 Å². The van der Waals surface area contributed by atoms with Crippen LogP contribution in [0.1, 0.15) is 35.3 Å². The van der Waals surface area contributed by atoms with Crippen LogP contribution in [0.2, 0.25) is 0 Å². The molecule has 0 aliphatic heterocycles. The van der Waals surface area contributed by atoms with Crippen LogP contribution in [0.3, 0.4) is 0 Å². The summed E-state index contributed by atoms with van der Waals surface area (Å²) in [6, 6.07) is 5.48. The molecule has 0 spiro atoms. The molecule has 1 aliphatic rings. The molecule has 1 aromatic rings. The van der Waals surface area contributed by atoms with Crippen molar-refractivity contribution in [3.8, 4) is 0 Å². The zero-order valence-corrected chi connectivity index (χ0v) is 12.3. The van der Waals surface area contributed by atoms with Gasteiger partial charge in [-0.05, 0) is 23.3 Å². The highest BCUT2D eigenvalue weighted by atomic mass is 35.5. The molecule has 0 radical (unpaired) electrons. The topological polar surface area (TPSA) is 78.3 Å². The highest BCUT2D eigenvalue weighted by Crippen LogP contribution is 2.37. The number of methoxy groups -OCH3 is 1. The second kappa shape index (κ2) is 5.49. The van der Waals surface area contributed by atoms with Gasteiger partial charge in [-0.15, -0.1) is 12.4 Å². The Morgan fingerprint density at radius 1 is 1.42 bits per heavy atom. The molecule has 1 aliphatic carbocycles. The van der Waals surface area contributed by atoms with Gasteiger partial charge in [0.25, 0.3) is 0 Å². The lowest BCUT2D eigenvalue weighted by Crippen LogP contribution is -2.54. The second-order valence-electron chi connectivity index (χ2n) is 5.46. The van der Waals surface area contributed by atoms with Gasteiger partial charge in [0, 0.05) is 30.6 Å². The molecule has 5 heteroatoms. The maximum Gasteiger partial charge on any atom is 0.248 e. The lowest BCUT2D eigenvalue weighted by molar-refractivity contribution is 0.0506. The second-order valence-corrected chi connectivity index (χ2v) is 5.46. The summed E-state index contributed by atoms with van der Waals surface area (Å²) in [5, 5.41) is 0. The van der Waals surface area contributed by atoms with E-state index in [9.17, 15) is 4.79 Å². The third-order valence-electron chi connectivity index (χ3n) is 4.05. The van der Waals surface area contributed by atoms with Crippen LogP contribution in [0.15, 0.2) is 18.2 Å². The number of amides is 1. The van der Waals surface area contributed by atoms with Crippen molar-refractivity contribution >= 4 is 18.3 Å². The molecule has 0 saturated heterocycles. The number of fused-ring (bicyclic) bond motifs is 1. The van der Waals surface area contributed by atoms with Gasteiger partial charge in [0.1, 0.15) is 0 Å². The Morgan fingerprint density at radius 3 is 2.58 bits per heavy atom. The molecule has 0 fully saturated rings. The van der Waals surface area contributed by atoms with Crippen LogP contribution in [0.25, 0.3) is 0 Å². The number of rotatable bonds is 2. The first-order chi connectivity index (χ1) is 8.37. The molecule has 2 rings (SSSR count). The van der Waals surface area contributed by atoms with E-state index in [0.29, 0.717) is 5.56 Å². The Labute approximate surface area is 119 Å². The summed E-state index contributed by atoms with van der Waals surface area (Å²) in [5.74, 6) is -0.406. The molecular formula is C14H21ClN2O2. The number of primary amides is 1. The van der Waals surface area contributed by atoms with Gasteiger partial charge < -0.3 is 16.2 Å². The summed E-state index contributed by atoms with van der Waals surface area (Å²) in [6.45, 7) is 4.15. The molecule has 0 heterocycles. The summed E-state index contributed by atoms with van der Waals surface area (Å²) >= 11 is 0. The molecule has 4 nitrogen and oxygen atoms in total. The third kappa shape index (κ3) is 2.61. The molecular weight excluding hydrogens is 264 g/mol. The number of benzene rings is 1. The van der Waals surface area contributed by atoms with Crippen molar-refractivity contribution in [1.29, 1.82) is 0 Å². The van der Waals surface area contributed by atoms with Crippen LogP contribution in [-0.4, -0.2) is 25.2 Å². The number of carbonyl (C=O) groups excluding carboxylic acids is 1. The van der Waals surface area contributed by atoms with E-state index in [-0.39, 0.29) is 30.0 Å². The lowest BCUT2D eigenvalue weighted by atomic mass is 9.68. The number of carbonyl (C=O) groups is 1. The first-order valence-electron chi connectivity index (χ1n) is 6.09. The van der Waals surface area contributed by atoms with E-state index in [2.05, 4.69) is 13.8 Å². The Kier molecular flexibility index (Phi) is 4.61.